The zero-order valence-corrected chi connectivity index (χ0v) is 6.92. The third kappa shape index (κ3) is 4.59. The van der Waals surface area contributed by atoms with Gasteiger partial charge < -0.3 is 0 Å². The molecule has 1 aromatic rings. The molecule has 1 aliphatic carbocycles. The van der Waals surface area contributed by atoms with Crippen LogP contribution in [0.1, 0.15) is 38.5 Å². The van der Waals surface area contributed by atoms with E-state index in [1.165, 1.54) is 38.5 Å². The quantitative estimate of drug-likeness (QED) is 0.608. The molecule has 0 unspecified atom stereocenters. The van der Waals surface area contributed by atoms with Crippen molar-refractivity contribution in [1.82, 2.24) is 10.2 Å². The van der Waals surface area contributed by atoms with Crippen LogP contribution in [0.2, 0.25) is 0 Å². The Morgan fingerprint density at radius 3 is 1.64 bits per heavy atom. The van der Waals surface area contributed by atoms with Gasteiger partial charge in [0.05, 0.1) is 0 Å². The van der Waals surface area contributed by atoms with Gasteiger partial charge in [-0.1, -0.05) is 38.5 Å². The van der Waals surface area contributed by atoms with Crippen molar-refractivity contribution in [3.63, 3.8) is 0 Å². The summed E-state index contributed by atoms with van der Waals surface area (Å²) >= 11 is 0. The lowest BCUT2D eigenvalue weighted by atomic mass is 10.0. The maximum atomic E-state index is 3.60. The third-order valence-corrected chi connectivity index (χ3v) is 1.91. The van der Waals surface area contributed by atoms with Gasteiger partial charge in [-0.2, -0.15) is 5.10 Å². The number of H-pyrrole nitrogens is 1. The van der Waals surface area contributed by atoms with Gasteiger partial charge in [-0.3, -0.25) is 5.10 Å². The maximum absolute atomic E-state index is 3.60. The van der Waals surface area contributed by atoms with Crippen molar-refractivity contribution < 1.29 is 0 Å². The second kappa shape index (κ2) is 5.96. The van der Waals surface area contributed by atoms with Crippen molar-refractivity contribution in [1.29, 1.82) is 0 Å². The van der Waals surface area contributed by atoms with Gasteiger partial charge in [0, 0.05) is 12.4 Å². The molecule has 11 heavy (non-hydrogen) atoms. The van der Waals surface area contributed by atoms with Crippen LogP contribution in [0.5, 0.6) is 0 Å². The molecule has 0 aromatic carbocycles. The van der Waals surface area contributed by atoms with E-state index in [1.807, 2.05) is 6.07 Å². The highest BCUT2D eigenvalue weighted by molar-refractivity contribution is 4.72. The molecule has 2 nitrogen and oxygen atoms in total. The van der Waals surface area contributed by atoms with Gasteiger partial charge in [0.15, 0.2) is 0 Å². The molecule has 0 atom stereocenters. The molecule has 2 rings (SSSR count). The van der Waals surface area contributed by atoms with Crippen LogP contribution in [0, 0.1) is 0 Å². The molecule has 1 heterocycles. The summed E-state index contributed by atoms with van der Waals surface area (Å²) in [6, 6.07) is 1.83. The lowest BCUT2D eigenvalue weighted by molar-refractivity contribution is 0.504. The Balaban J connectivity index is 0.000000112. The summed E-state index contributed by atoms with van der Waals surface area (Å²) in [5, 5.41) is 6.21. The molecule has 0 bridgehead atoms. The molecule has 0 amide bonds. The minimum Gasteiger partial charge on any atom is -0.286 e. The second-order valence-electron chi connectivity index (χ2n) is 2.89. The molecule has 0 saturated heterocycles. The number of rotatable bonds is 0. The topological polar surface area (TPSA) is 28.7 Å². The van der Waals surface area contributed by atoms with Crippen LogP contribution in [-0.2, 0) is 0 Å². The van der Waals surface area contributed by atoms with Crippen LogP contribution in [-0.4, -0.2) is 10.2 Å². The Hall–Kier alpha value is -0.790. The van der Waals surface area contributed by atoms with Gasteiger partial charge in [0.25, 0.3) is 0 Å². The Morgan fingerprint density at radius 1 is 0.909 bits per heavy atom. The van der Waals surface area contributed by atoms with E-state index in [0.717, 1.165) is 0 Å². The third-order valence-electron chi connectivity index (χ3n) is 1.91. The van der Waals surface area contributed by atoms with Crippen LogP contribution >= 0.6 is 0 Å². The van der Waals surface area contributed by atoms with E-state index in [0.29, 0.717) is 0 Å². The molecule has 0 spiro atoms. The average Bonchev–Trinajstić information content (AvgIpc) is 2.64. The highest BCUT2D eigenvalue weighted by atomic mass is 15.1. The molecule has 1 aliphatic rings. The minimum atomic E-state index is 1.50. The SMILES string of the molecule is C1CCCCC1.c1cn[nH]c1. The Morgan fingerprint density at radius 2 is 1.45 bits per heavy atom. The summed E-state index contributed by atoms with van der Waals surface area (Å²) in [5.74, 6) is 0. The van der Waals surface area contributed by atoms with Gasteiger partial charge in [0.1, 0.15) is 0 Å². The molecule has 2 heteroatoms. The van der Waals surface area contributed by atoms with Crippen LogP contribution in [0.25, 0.3) is 0 Å². The first-order chi connectivity index (χ1) is 5.50. The zero-order valence-electron chi connectivity index (χ0n) is 6.92. The number of nitrogens with one attached hydrogen (secondary N) is 1. The van der Waals surface area contributed by atoms with E-state index < -0.39 is 0 Å². The normalized spacial score (nSPS) is 16.7. The Bertz CT molecular complexity index is 114. The van der Waals surface area contributed by atoms with E-state index in [9.17, 15) is 0 Å². The van der Waals surface area contributed by atoms with E-state index in [4.69, 9.17) is 0 Å². The summed E-state index contributed by atoms with van der Waals surface area (Å²) in [5.41, 5.74) is 0. The predicted molar refractivity (Wildman–Crippen MR) is 46.3 cm³/mol. The summed E-state index contributed by atoms with van der Waals surface area (Å²) in [6.07, 6.45) is 12.5. The first kappa shape index (κ1) is 8.31. The van der Waals surface area contributed by atoms with E-state index in [-0.39, 0.29) is 0 Å². The monoisotopic (exact) mass is 152 g/mol. The molecule has 1 fully saturated rings. The average molecular weight is 152 g/mol. The smallest absolute Gasteiger partial charge is 0.0487 e. The Kier molecular flexibility index (Phi) is 4.50. The number of nitrogens with zero attached hydrogens (tertiary/aromatic N) is 1. The standard InChI is InChI=1S/C6H12.C3H4N2/c1-2-4-6-5-3-1;1-2-4-5-3-1/h1-6H2;1-3H,(H,4,5). The first-order valence-electron chi connectivity index (χ1n) is 4.44. The number of aromatic nitrogens is 2. The van der Waals surface area contributed by atoms with Gasteiger partial charge in [-0.25, -0.2) is 0 Å². The molecular weight excluding hydrogens is 136 g/mol. The number of hydrogen-bond donors (Lipinski definition) is 1. The molecule has 0 aliphatic heterocycles. The predicted octanol–water partition coefficient (Wildman–Crippen LogP) is 2.75. The van der Waals surface area contributed by atoms with E-state index in [1.54, 1.807) is 12.4 Å². The lowest BCUT2D eigenvalue weighted by Crippen LogP contribution is -1.85. The van der Waals surface area contributed by atoms with E-state index in [2.05, 4.69) is 10.2 Å². The fourth-order valence-corrected chi connectivity index (χ4v) is 1.28. The summed E-state index contributed by atoms with van der Waals surface area (Å²) < 4.78 is 0. The van der Waals surface area contributed by atoms with Crippen LogP contribution in [0.4, 0.5) is 0 Å². The fourth-order valence-electron chi connectivity index (χ4n) is 1.28. The number of aromatic amines is 1. The molecule has 62 valence electrons. The largest absolute Gasteiger partial charge is 0.286 e. The van der Waals surface area contributed by atoms with Crippen molar-refractivity contribution in [3.8, 4) is 0 Å². The van der Waals surface area contributed by atoms with Crippen LogP contribution in [0.3, 0.4) is 0 Å². The van der Waals surface area contributed by atoms with E-state index >= 15 is 0 Å². The fraction of sp³-hybridized carbons (Fsp3) is 0.667. The van der Waals surface area contributed by atoms with Crippen molar-refractivity contribution >= 4 is 0 Å². The highest BCUT2D eigenvalue weighted by Crippen LogP contribution is 2.15. The van der Waals surface area contributed by atoms with Crippen LogP contribution in [0.15, 0.2) is 18.5 Å². The Labute approximate surface area is 68.0 Å². The zero-order chi connectivity index (χ0) is 7.78. The first-order valence-corrected chi connectivity index (χ1v) is 4.44. The highest BCUT2D eigenvalue weighted by Gasteiger charge is 1.95. The van der Waals surface area contributed by atoms with Gasteiger partial charge >= 0.3 is 0 Å². The summed E-state index contributed by atoms with van der Waals surface area (Å²) in [4.78, 5) is 0. The molecule has 0 radical (unpaired) electrons. The summed E-state index contributed by atoms with van der Waals surface area (Å²) in [6.45, 7) is 0. The van der Waals surface area contributed by atoms with Gasteiger partial charge in [0.2, 0.25) is 0 Å². The summed E-state index contributed by atoms with van der Waals surface area (Å²) in [7, 11) is 0. The molecule has 1 aromatic heterocycles. The van der Waals surface area contributed by atoms with Crippen molar-refractivity contribution in [2.45, 2.75) is 38.5 Å². The molecule has 1 saturated carbocycles. The second-order valence-corrected chi connectivity index (χ2v) is 2.89. The van der Waals surface area contributed by atoms with Crippen molar-refractivity contribution in [2.24, 2.45) is 0 Å². The minimum absolute atomic E-state index is 1.50. The lowest BCUT2D eigenvalue weighted by Gasteiger charge is -2.05. The van der Waals surface area contributed by atoms with Crippen LogP contribution < -0.4 is 0 Å². The maximum Gasteiger partial charge on any atom is 0.0487 e. The number of hydrogen-bond acceptors (Lipinski definition) is 1. The van der Waals surface area contributed by atoms with Crippen molar-refractivity contribution in [3.05, 3.63) is 18.5 Å². The van der Waals surface area contributed by atoms with Gasteiger partial charge in [-0.05, 0) is 6.07 Å². The van der Waals surface area contributed by atoms with Crippen molar-refractivity contribution in [2.75, 3.05) is 0 Å². The van der Waals surface area contributed by atoms with Gasteiger partial charge in [-0.15, -0.1) is 0 Å². The molecule has 1 N–H and O–H groups in total. The molecular formula is C9H16N2.